The number of hydrogen-bond donors (Lipinski definition) is 0. The van der Waals surface area contributed by atoms with Crippen molar-refractivity contribution in [2.75, 3.05) is 0 Å². The molecular weight excluding hydrogens is 179 g/mol. The van der Waals surface area contributed by atoms with Gasteiger partial charge in [-0.25, -0.2) is 0 Å². The zero-order chi connectivity index (χ0) is 12.3. The molecular formula is C14H29B. The van der Waals surface area contributed by atoms with Crippen LogP contribution >= 0.6 is 0 Å². The second-order valence-electron chi connectivity index (χ2n) is 6.64. The molecule has 0 spiro atoms. The molecule has 0 aliphatic carbocycles. The van der Waals surface area contributed by atoms with Gasteiger partial charge in [-0.1, -0.05) is 61.2 Å². The molecule has 0 saturated carbocycles. The van der Waals surface area contributed by atoms with Crippen LogP contribution in [0.15, 0.2) is 0 Å². The Hall–Kier alpha value is 0.0649. The van der Waals surface area contributed by atoms with Crippen LogP contribution in [-0.2, 0) is 0 Å². The van der Waals surface area contributed by atoms with Crippen LogP contribution in [0, 0.1) is 22.7 Å². The summed E-state index contributed by atoms with van der Waals surface area (Å²) in [6.45, 7) is 16.3. The number of hydrogen-bond acceptors (Lipinski definition) is 0. The van der Waals surface area contributed by atoms with Crippen LogP contribution in [0.1, 0.15) is 61.3 Å². The SMILES string of the molecule is [B]CC(C)(C[C@@H](C)C(C)(C)C)[C@H](C)CC. The highest BCUT2D eigenvalue weighted by molar-refractivity contribution is 6.09. The minimum atomic E-state index is 0.307. The van der Waals surface area contributed by atoms with E-state index in [1.807, 2.05) is 0 Å². The van der Waals surface area contributed by atoms with E-state index >= 15 is 0 Å². The van der Waals surface area contributed by atoms with Gasteiger partial charge in [-0.2, -0.15) is 0 Å². The number of rotatable bonds is 5. The van der Waals surface area contributed by atoms with Crippen molar-refractivity contribution in [1.29, 1.82) is 0 Å². The van der Waals surface area contributed by atoms with Crippen molar-refractivity contribution >= 4 is 7.85 Å². The van der Waals surface area contributed by atoms with E-state index in [2.05, 4.69) is 48.5 Å². The van der Waals surface area contributed by atoms with Crippen molar-refractivity contribution in [1.82, 2.24) is 0 Å². The monoisotopic (exact) mass is 208 g/mol. The van der Waals surface area contributed by atoms with Gasteiger partial charge in [0.1, 0.15) is 0 Å². The summed E-state index contributed by atoms with van der Waals surface area (Å²) in [5.74, 6) is 1.44. The first-order chi connectivity index (χ1) is 6.67. The average molecular weight is 208 g/mol. The molecule has 0 nitrogen and oxygen atoms in total. The van der Waals surface area contributed by atoms with E-state index in [1.54, 1.807) is 0 Å². The van der Waals surface area contributed by atoms with Crippen LogP contribution in [0.25, 0.3) is 0 Å². The molecule has 0 rings (SSSR count). The Morgan fingerprint density at radius 3 is 1.73 bits per heavy atom. The molecule has 0 bridgehead atoms. The lowest BCUT2D eigenvalue weighted by atomic mass is 9.61. The molecule has 2 radical (unpaired) electrons. The summed E-state index contributed by atoms with van der Waals surface area (Å²) in [5, 5.41) is 0. The van der Waals surface area contributed by atoms with Gasteiger partial charge < -0.3 is 0 Å². The molecule has 0 saturated heterocycles. The van der Waals surface area contributed by atoms with Gasteiger partial charge in [0.15, 0.2) is 0 Å². The van der Waals surface area contributed by atoms with Gasteiger partial charge in [0.25, 0.3) is 0 Å². The molecule has 0 aromatic rings. The summed E-state index contributed by atoms with van der Waals surface area (Å²) in [6, 6.07) is 0. The van der Waals surface area contributed by atoms with Gasteiger partial charge >= 0.3 is 0 Å². The molecule has 0 N–H and O–H groups in total. The first-order valence-corrected chi connectivity index (χ1v) is 6.37. The van der Waals surface area contributed by atoms with Crippen molar-refractivity contribution in [3.8, 4) is 0 Å². The van der Waals surface area contributed by atoms with Crippen LogP contribution in [0.3, 0.4) is 0 Å². The van der Waals surface area contributed by atoms with Gasteiger partial charge in [-0.15, -0.1) is 0 Å². The smallest absolute Gasteiger partial charge is 0.0660 e. The fourth-order valence-corrected chi connectivity index (χ4v) is 1.98. The Bertz CT molecular complexity index is 180. The lowest BCUT2D eigenvalue weighted by Crippen LogP contribution is -2.31. The van der Waals surface area contributed by atoms with Crippen molar-refractivity contribution in [2.45, 2.75) is 67.6 Å². The Labute approximate surface area is 98.6 Å². The van der Waals surface area contributed by atoms with E-state index in [1.165, 1.54) is 12.8 Å². The zero-order valence-corrected chi connectivity index (χ0v) is 11.9. The summed E-state index contributed by atoms with van der Waals surface area (Å²) in [4.78, 5) is 0. The summed E-state index contributed by atoms with van der Waals surface area (Å²) in [7, 11) is 5.98. The first kappa shape index (κ1) is 15.1. The predicted molar refractivity (Wildman–Crippen MR) is 71.4 cm³/mol. The van der Waals surface area contributed by atoms with Gasteiger partial charge in [-0.05, 0) is 29.1 Å². The predicted octanol–water partition coefficient (Wildman–Crippen LogP) is 4.70. The lowest BCUT2D eigenvalue weighted by molar-refractivity contribution is 0.121. The third kappa shape index (κ3) is 4.21. The quantitative estimate of drug-likeness (QED) is 0.574. The Morgan fingerprint density at radius 2 is 1.47 bits per heavy atom. The van der Waals surface area contributed by atoms with Crippen LogP contribution in [0.2, 0.25) is 6.32 Å². The maximum absolute atomic E-state index is 5.98. The highest BCUT2D eigenvalue weighted by atomic mass is 14.4. The molecule has 0 fully saturated rings. The third-order valence-corrected chi connectivity index (χ3v) is 4.52. The molecule has 0 heterocycles. The van der Waals surface area contributed by atoms with Gasteiger partial charge in [0.05, 0.1) is 7.85 Å². The van der Waals surface area contributed by atoms with Gasteiger partial charge in [0.2, 0.25) is 0 Å². The zero-order valence-electron chi connectivity index (χ0n) is 11.9. The summed E-state index contributed by atoms with van der Waals surface area (Å²) < 4.78 is 0. The van der Waals surface area contributed by atoms with Gasteiger partial charge in [-0.3, -0.25) is 0 Å². The van der Waals surface area contributed by atoms with Crippen molar-refractivity contribution in [2.24, 2.45) is 22.7 Å². The Balaban J connectivity index is 4.57. The van der Waals surface area contributed by atoms with Crippen LogP contribution in [0.5, 0.6) is 0 Å². The summed E-state index contributed by atoms with van der Waals surface area (Å²) >= 11 is 0. The van der Waals surface area contributed by atoms with E-state index in [0.29, 0.717) is 16.7 Å². The van der Waals surface area contributed by atoms with Crippen molar-refractivity contribution in [3.05, 3.63) is 0 Å². The molecule has 0 amide bonds. The normalized spacial score (nSPS) is 20.7. The summed E-state index contributed by atoms with van der Waals surface area (Å²) in [6.07, 6.45) is 3.27. The largest absolute Gasteiger partial charge is 0.0831 e. The third-order valence-electron chi connectivity index (χ3n) is 4.52. The Kier molecular flexibility index (Phi) is 5.43. The van der Waals surface area contributed by atoms with Gasteiger partial charge in [0, 0.05) is 0 Å². The summed E-state index contributed by atoms with van der Waals surface area (Å²) in [5.41, 5.74) is 0.700. The molecule has 0 aliphatic heterocycles. The molecule has 15 heavy (non-hydrogen) atoms. The van der Waals surface area contributed by atoms with E-state index in [4.69, 9.17) is 7.85 Å². The molecule has 0 aromatic carbocycles. The van der Waals surface area contributed by atoms with Crippen LogP contribution in [-0.4, -0.2) is 7.85 Å². The van der Waals surface area contributed by atoms with E-state index in [-0.39, 0.29) is 0 Å². The molecule has 0 aromatic heterocycles. The maximum Gasteiger partial charge on any atom is 0.0660 e. The highest BCUT2D eigenvalue weighted by Gasteiger charge is 2.33. The van der Waals surface area contributed by atoms with Crippen molar-refractivity contribution in [3.63, 3.8) is 0 Å². The minimum Gasteiger partial charge on any atom is -0.0831 e. The van der Waals surface area contributed by atoms with E-state index in [9.17, 15) is 0 Å². The second kappa shape index (κ2) is 5.41. The van der Waals surface area contributed by atoms with E-state index < -0.39 is 0 Å². The molecule has 1 unspecified atom stereocenters. The second-order valence-corrected chi connectivity index (χ2v) is 6.64. The van der Waals surface area contributed by atoms with Crippen LogP contribution in [0.4, 0.5) is 0 Å². The fraction of sp³-hybridized carbons (Fsp3) is 1.00. The topological polar surface area (TPSA) is 0 Å². The maximum atomic E-state index is 5.98. The molecule has 0 aliphatic rings. The van der Waals surface area contributed by atoms with E-state index in [0.717, 1.165) is 12.2 Å². The lowest BCUT2D eigenvalue weighted by Gasteiger charge is -2.41. The standard InChI is InChI=1S/C14H29B/c1-8-11(2)14(7,10-15)9-12(3)13(4,5)6/h11-12H,8-10H2,1-7H3/t11-,12-,14?/m1/s1. The highest BCUT2D eigenvalue weighted by Crippen LogP contribution is 2.43. The van der Waals surface area contributed by atoms with Crippen molar-refractivity contribution < 1.29 is 0 Å². The van der Waals surface area contributed by atoms with Crippen LogP contribution < -0.4 is 0 Å². The Morgan fingerprint density at radius 1 is 1.00 bits per heavy atom. The fourth-order valence-electron chi connectivity index (χ4n) is 1.98. The average Bonchev–Trinajstić information content (AvgIpc) is 2.14. The minimum absolute atomic E-state index is 0.307. The molecule has 88 valence electrons. The molecule has 3 atom stereocenters. The first-order valence-electron chi connectivity index (χ1n) is 6.37. The molecule has 1 heteroatoms.